The van der Waals surface area contributed by atoms with E-state index in [0.29, 0.717) is 12.2 Å². The Morgan fingerprint density at radius 3 is 2.38 bits per heavy atom. The quantitative estimate of drug-likeness (QED) is 0.501. The molecule has 0 radical (unpaired) electrons. The van der Waals surface area contributed by atoms with Gasteiger partial charge in [-0.2, -0.15) is 0 Å². The molecular formula is C26H30O3. The summed E-state index contributed by atoms with van der Waals surface area (Å²) < 4.78 is 11.3. The molecule has 0 amide bonds. The van der Waals surface area contributed by atoms with Crippen LogP contribution in [0.1, 0.15) is 80.6 Å². The first-order valence-corrected chi connectivity index (χ1v) is 10.3. The van der Waals surface area contributed by atoms with Gasteiger partial charge in [-0.3, -0.25) is 0 Å². The second-order valence-corrected chi connectivity index (χ2v) is 8.83. The number of carbonyl (C=O) groups excluding carboxylic acids is 1. The molecule has 0 saturated carbocycles. The van der Waals surface area contributed by atoms with E-state index >= 15 is 0 Å². The Bertz CT molecular complexity index is 969. The van der Waals surface area contributed by atoms with Crippen molar-refractivity contribution in [3.63, 3.8) is 0 Å². The van der Waals surface area contributed by atoms with Crippen molar-refractivity contribution >= 4 is 5.97 Å². The normalized spacial score (nSPS) is 16.1. The van der Waals surface area contributed by atoms with Crippen LogP contribution in [0.5, 0.6) is 5.75 Å². The van der Waals surface area contributed by atoms with E-state index in [0.717, 1.165) is 29.7 Å². The van der Waals surface area contributed by atoms with Crippen LogP contribution >= 0.6 is 0 Å². The summed E-state index contributed by atoms with van der Waals surface area (Å²) >= 11 is 0. The number of benzene rings is 2. The van der Waals surface area contributed by atoms with Gasteiger partial charge in [-0.05, 0) is 81.0 Å². The van der Waals surface area contributed by atoms with E-state index in [4.69, 9.17) is 9.47 Å². The standard InChI is InChI=1S/C26H30O3/c1-7-19-16-23-22(25(3,4)17-26(5,6)29-23)15-21(19)14-11-18-9-12-20(13-10-18)24(27)28-8-2/h9-10,12-13,15-16H,7-8,17H2,1-6H3. The van der Waals surface area contributed by atoms with Crippen LogP contribution < -0.4 is 4.74 Å². The van der Waals surface area contributed by atoms with Crippen molar-refractivity contribution in [3.8, 4) is 17.6 Å². The maximum absolute atomic E-state index is 11.8. The largest absolute Gasteiger partial charge is 0.488 e. The van der Waals surface area contributed by atoms with Gasteiger partial charge in [0.05, 0.1) is 12.2 Å². The Morgan fingerprint density at radius 2 is 1.76 bits per heavy atom. The van der Waals surface area contributed by atoms with E-state index in [1.165, 1.54) is 11.1 Å². The van der Waals surface area contributed by atoms with E-state index in [-0.39, 0.29) is 17.0 Å². The van der Waals surface area contributed by atoms with Crippen molar-refractivity contribution in [2.75, 3.05) is 6.61 Å². The van der Waals surface area contributed by atoms with Crippen LogP contribution in [-0.2, 0) is 16.6 Å². The fourth-order valence-corrected chi connectivity index (χ4v) is 4.18. The summed E-state index contributed by atoms with van der Waals surface area (Å²) in [5.74, 6) is 7.26. The van der Waals surface area contributed by atoms with Gasteiger partial charge in [-0.1, -0.05) is 32.6 Å². The molecular weight excluding hydrogens is 360 g/mol. The lowest BCUT2D eigenvalue weighted by Gasteiger charge is -2.42. The molecule has 3 nitrogen and oxygen atoms in total. The highest BCUT2D eigenvalue weighted by molar-refractivity contribution is 5.89. The molecule has 0 atom stereocenters. The molecule has 0 fully saturated rings. The van der Waals surface area contributed by atoms with Gasteiger partial charge in [0.2, 0.25) is 0 Å². The third kappa shape index (κ3) is 4.65. The van der Waals surface area contributed by atoms with Gasteiger partial charge >= 0.3 is 5.97 Å². The summed E-state index contributed by atoms with van der Waals surface area (Å²) in [5, 5.41) is 0. The van der Waals surface area contributed by atoms with Gasteiger partial charge in [0.1, 0.15) is 11.4 Å². The molecule has 0 bridgehead atoms. The van der Waals surface area contributed by atoms with Gasteiger partial charge in [0, 0.05) is 16.7 Å². The summed E-state index contributed by atoms with van der Waals surface area (Å²) in [7, 11) is 0. The van der Waals surface area contributed by atoms with Crippen LogP contribution in [0.15, 0.2) is 36.4 Å². The molecule has 3 rings (SSSR count). The first-order valence-electron chi connectivity index (χ1n) is 10.3. The zero-order chi connectivity index (χ0) is 21.2. The highest BCUT2D eigenvalue weighted by Crippen LogP contribution is 2.45. The topological polar surface area (TPSA) is 35.5 Å². The molecule has 1 heterocycles. The van der Waals surface area contributed by atoms with E-state index in [1.807, 2.05) is 12.1 Å². The maximum atomic E-state index is 11.8. The number of carbonyl (C=O) groups is 1. The van der Waals surface area contributed by atoms with Crippen molar-refractivity contribution in [2.45, 2.75) is 65.4 Å². The van der Waals surface area contributed by atoms with Gasteiger partial charge in [0.15, 0.2) is 0 Å². The molecule has 0 N–H and O–H groups in total. The SMILES string of the molecule is CCOC(=O)c1ccc(C#Cc2cc3c(cc2CC)OC(C)(C)CC3(C)C)cc1. The van der Waals surface area contributed by atoms with Crippen LogP contribution in [0, 0.1) is 11.8 Å². The molecule has 1 aliphatic rings. The molecule has 1 aliphatic heterocycles. The molecule has 2 aromatic carbocycles. The van der Waals surface area contributed by atoms with Crippen LogP contribution in [0.4, 0.5) is 0 Å². The number of esters is 1. The predicted molar refractivity (Wildman–Crippen MR) is 117 cm³/mol. The molecule has 2 aromatic rings. The molecule has 0 aliphatic carbocycles. The first kappa shape index (κ1) is 21.0. The fraction of sp³-hybridized carbons (Fsp3) is 0.423. The Morgan fingerprint density at radius 1 is 1.07 bits per heavy atom. The number of fused-ring (bicyclic) bond motifs is 1. The highest BCUT2D eigenvalue weighted by atomic mass is 16.5. The van der Waals surface area contributed by atoms with Gasteiger partial charge < -0.3 is 9.47 Å². The lowest BCUT2D eigenvalue weighted by molar-refractivity contribution is 0.0521. The number of ether oxygens (including phenoxy) is 2. The minimum absolute atomic E-state index is 0.0288. The summed E-state index contributed by atoms with van der Waals surface area (Å²) in [4.78, 5) is 11.8. The predicted octanol–water partition coefficient (Wildman–Crippen LogP) is 5.66. The van der Waals surface area contributed by atoms with Crippen molar-refractivity contribution in [1.82, 2.24) is 0 Å². The third-order valence-corrected chi connectivity index (χ3v) is 5.31. The average Bonchev–Trinajstić information content (AvgIpc) is 2.65. The lowest BCUT2D eigenvalue weighted by atomic mass is 9.73. The Kier molecular flexibility index (Phi) is 5.75. The Labute approximate surface area is 174 Å². The highest BCUT2D eigenvalue weighted by Gasteiger charge is 2.39. The molecule has 29 heavy (non-hydrogen) atoms. The zero-order valence-corrected chi connectivity index (χ0v) is 18.3. The van der Waals surface area contributed by atoms with Crippen molar-refractivity contribution in [2.24, 2.45) is 0 Å². The number of hydrogen-bond acceptors (Lipinski definition) is 3. The Balaban J connectivity index is 1.94. The van der Waals surface area contributed by atoms with E-state index in [2.05, 4.69) is 58.6 Å². The molecule has 3 heteroatoms. The average molecular weight is 391 g/mol. The minimum atomic E-state index is -0.305. The van der Waals surface area contributed by atoms with E-state index < -0.39 is 0 Å². The molecule has 0 saturated heterocycles. The van der Waals surface area contributed by atoms with Crippen molar-refractivity contribution < 1.29 is 14.3 Å². The smallest absolute Gasteiger partial charge is 0.338 e. The number of rotatable bonds is 3. The number of aryl methyl sites for hydroxylation is 1. The van der Waals surface area contributed by atoms with Crippen LogP contribution in [-0.4, -0.2) is 18.2 Å². The summed E-state index contributed by atoms with van der Waals surface area (Å²) in [6, 6.07) is 11.6. The summed E-state index contributed by atoms with van der Waals surface area (Å²) in [5.41, 5.74) is 4.72. The molecule has 152 valence electrons. The van der Waals surface area contributed by atoms with Gasteiger partial charge in [-0.25, -0.2) is 4.79 Å². The van der Waals surface area contributed by atoms with E-state index in [1.54, 1.807) is 19.1 Å². The number of hydrogen-bond donors (Lipinski definition) is 0. The van der Waals surface area contributed by atoms with Gasteiger partial charge in [-0.15, -0.1) is 0 Å². The van der Waals surface area contributed by atoms with Crippen molar-refractivity contribution in [3.05, 3.63) is 64.2 Å². The monoisotopic (exact) mass is 390 g/mol. The van der Waals surface area contributed by atoms with Gasteiger partial charge in [0.25, 0.3) is 0 Å². The molecule has 0 unspecified atom stereocenters. The fourth-order valence-electron chi connectivity index (χ4n) is 4.18. The lowest BCUT2D eigenvalue weighted by Crippen LogP contribution is -2.41. The summed E-state index contributed by atoms with van der Waals surface area (Å²) in [6.07, 6.45) is 1.85. The maximum Gasteiger partial charge on any atom is 0.338 e. The molecule has 0 aromatic heterocycles. The second kappa shape index (κ2) is 7.95. The summed E-state index contributed by atoms with van der Waals surface area (Å²) in [6.45, 7) is 13.2. The second-order valence-electron chi connectivity index (χ2n) is 8.83. The van der Waals surface area contributed by atoms with Crippen LogP contribution in [0.25, 0.3) is 0 Å². The van der Waals surface area contributed by atoms with Crippen molar-refractivity contribution in [1.29, 1.82) is 0 Å². The first-order chi connectivity index (χ1) is 13.6. The minimum Gasteiger partial charge on any atom is -0.488 e. The molecule has 0 spiro atoms. The zero-order valence-electron chi connectivity index (χ0n) is 18.3. The Hall–Kier alpha value is -2.73. The van der Waals surface area contributed by atoms with Crippen LogP contribution in [0.3, 0.4) is 0 Å². The third-order valence-electron chi connectivity index (χ3n) is 5.31. The van der Waals surface area contributed by atoms with Crippen LogP contribution in [0.2, 0.25) is 0 Å². The van der Waals surface area contributed by atoms with E-state index in [9.17, 15) is 4.79 Å².